The summed E-state index contributed by atoms with van der Waals surface area (Å²) >= 11 is 0. The molecule has 19 atom stereocenters. The lowest BCUT2D eigenvalue weighted by atomic mass is 9.78. The monoisotopic (exact) mass is 713 g/mol. The third-order valence-corrected chi connectivity index (χ3v) is 14.2. The van der Waals surface area contributed by atoms with Crippen LogP contribution in [0.5, 0.6) is 0 Å². The van der Waals surface area contributed by atoms with Crippen LogP contribution >= 0.6 is 0 Å². The second kappa shape index (κ2) is 13.8. The highest BCUT2D eigenvalue weighted by Gasteiger charge is 2.68. The van der Waals surface area contributed by atoms with Gasteiger partial charge in [0.1, 0.15) is 36.3 Å². The predicted octanol–water partition coefficient (Wildman–Crippen LogP) is 4.06. The molecule has 11 heteroatoms. The predicted molar refractivity (Wildman–Crippen MR) is 185 cm³/mol. The molecule has 4 unspecified atom stereocenters. The summed E-state index contributed by atoms with van der Waals surface area (Å²) in [6.07, 6.45) is 6.43. The number of hydrogen-bond donors (Lipinski definition) is 2. The molecule has 12 bridgehead atoms. The number of ether oxygens (including phenoxy) is 8. The van der Waals surface area contributed by atoms with Gasteiger partial charge in [-0.05, 0) is 73.8 Å². The molecule has 0 aromatic heterocycles. The largest absolute Gasteiger partial charge is 0.392 e. The maximum absolute atomic E-state index is 14.0. The number of rotatable bonds is 3. The topological polar surface area (TPSA) is 137 Å². The van der Waals surface area contributed by atoms with Crippen molar-refractivity contribution in [2.45, 2.75) is 195 Å². The van der Waals surface area contributed by atoms with Crippen LogP contribution in [0.1, 0.15) is 97.3 Å². The van der Waals surface area contributed by atoms with Gasteiger partial charge in [0.2, 0.25) is 0 Å². The molecule has 11 nitrogen and oxygen atoms in total. The third-order valence-electron chi connectivity index (χ3n) is 14.2. The molecule has 0 aromatic carbocycles. The molecule has 10 heterocycles. The quantitative estimate of drug-likeness (QED) is 0.410. The summed E-state index contributed by atoms with van der Waals surface area (Å²) < 4.78 is 54.0. The van der Waals surface area contributed by atoms with E-state index in [1.165, 1.54) is 0 Å². The van der Waals surface area contributed by atoms with E-state index in [2.05, 4.69) is 27.0 Å². The highest BCUT2D eigenvalue weighted by atomic mass is 16.8. The van der Waals surface area contributed by atoms with Crippen molar-refractivity contribution in [1.29, 1.82) is 0 Å². The Morgan fingerprint density at radius 3 is 2.35 bits per heavy atom. The van der Waals surface area contributed by atoms with Crippen LogP contribution in [0.3, 0.4) is 0 Å². The van der Waals surface area contributed by atoms with Gasteiger partial charge in [0, 0.05) is 45.1 Å². The van der Waals surface area contributed by atoms with Gasteiger partial charge in [-0.3, -0.25) is 4.79 Å². The Balaban J connectivity index is 0.986. The van der Waals surface area contributed by atoms with Crippen LogP contribution in [0, 0.1) is 17.8 Å². The third kappa shape index (κ3) is 6.53. The molecular weight excluding hydrogens is 654 g/mol. The second-order valence-corrected chi connectivity index (χ2v) is 17.6. The summed E-state index contributed by atoms with van der Waals surface area (Å²) in [6.45, 7) is 13.5. The summed E-state index contributed by atoms with van der Waals surface area (Å²) in [5, 5.41) is 10.5. The molecule has 10 rings (SSSR count). The average Bonchev–Trinajstić information content (AvgIpc) is 3.77. The molecule has 10 saturated heterocycles. The van der Waals surface area contributed by atoms with Crippen LogP contribution in [0.2, 0.25) is 0 Å². The van der Waals surface area contributed by atoms with E-state index in [0.717, 1.165) is 56.1 Å². The van der Waals surface area contributed by atoms with Gasteiger partial charge in [-0.1, -0.05) is 27.0 Å². The van der Waals surface area contributed by atoms with E-state index in [-0.39, 0.29) is 110 Å². The van der Waals surface area contributed by atoms with E-state index >= 15 is 0 Å². The molecule has 51 heavy (non-hydrogen) atoms. The van der Waals surface area contributed by atoms with Crippen molar-refractivity contribution in [3.63, 3.8) is 0 Å². The fourth-order valence-corrected chi connectivity index (χ4v) is 11.3. The lowest BCUT2D eigenvalue weighted by Gasteiger charge is -2.47. The number of carbonyl (C=O) groups is 1. The second-order valence-electron chi connectivity index (χ2n) is 17.6. The summed E-state index contributed by atoms with van der Waals surface area (Å²) in [7, 11) is 0. The SMILES string of the molecule is C=C1C[C@@H]2CCC34C[C@H]5O[C@H]6[C@@H](O3)[C@H]3OC(CC[C@@H]3O[C@H]6[C@H]5O4)CC(=O)C[C@H]3C(C[C@H]4O[C@@H](CCC1O2)C[C@@H](C)C4=C)O[C@H](C[C@H](O)CN)[C@@H]3C. The fourth-order valence-electron chi connectivity index (χ4n) is 11.3. The van der Waals surface area contributed by atoms with Crippen molar-refractivity contribution < 1.29 is 47.8 Å². The van der Waals surface area contributed by atoms with Crippen LogP contribution in [0.25, 0.3) is 0 Å². The summed E-state index contributed by atoms with van der Waals surface area (Å²) in [4.78, 5) is 14.0. The van der Waals surface area contributed by atoms with Crippen LogP contribution < -0.4 is 5.73 Å². The minimum atomic E-state index is -0.765. The summed E-state index contributed by atoms with van der Waals surface area (Å²) in [5.41, 5.74) is 8.06. The fraction of sp³-hybridized carbons (Fsp3) is 0.875. The highest BCUT2D eigenvalue weighted by molar-refractivity contribution is 5.79. The van der Waals surface area contributed by atoms with Crippen LogP contribution in [-0.2, 0) is 42.7 Å². The molecule has 284 valence electrons. The maximum atomic E-state index is 14.0. The van der Waals surface area contributed by atoms with Crippen molar-refractivity contribution >= 4 is 5.78 Å². The average molecular weight is 714 g/mol. The summed E-state index contributed by atoms with van der Waals surface area (Å²) in [5.74, 6) is -0.222. The lowest BCUT2D eigenvalue weighted by molar-refractivity contribution is -0.292. The van der Waals surface area contributed by atoms with E-state index in [0.29, 0.717) is 44.4 Å². The number of Topliss-reactive ketones (excluding diaryl/α,β-unsaturated/α-hetero) is 1. The summed E-state index contributed by atoms with van der Waals surface area (Å²) in [6, 6.07) is 0. The van der Waals surface area contributed by atoms with E-state index in [9.17, 15) is 9.90 Å². The van der Waals surface area contributed by atoms with E-state index in [4.69, 9.17) is 43.6 Å². The minimum absolute atomic E-state index is 0.00127. The van der Waals surface area contributed by atoms with Gasteiger partial charge in [0.05, 0.1) is 61.0 Å². The first kappa shape index (κ1) is 35.5. The number of aliphatic hydroxyl groups is 1. The first-order chi connectivity index (χ1) is 24.6. The van der Waals surface area contributed by atoms with Gasteiger partial charge < -0.3 is 48.7 Å². The van der Waals surface area contributed by atoms with Gasteiger partial charge in [0.15, 0.2) is 5.79 Å². The number of nitrogens with two attached hydrogens (primary N) is 1. The zero-order valence-corrected chi connectivity index (χ0v) is 30.4. The van der Waals surface area contributed by atoms with Crippen molar-refractivity contribution in [3.8, 4) is 0 Å². The number of aliphatic hydroxyl groups excluding tert-OH is 1. The molecule has 10 aliphatic rings. The standard InChI is InChI=1S/C40H59NO10/c1-19-11-25-5-7-29-20(2)12-27(44-29)9-10-40-17-34-36(50-40)37-38(49-34)39(51-40)35-30(48-37)8-6-26(46-35)13-23(42)14-28-22(4)31(15-24(43)18-41)47-33(28)16-32(45-25)21(19)3/h19,22,24-39,43H,2-3,5-18,41H2,1,4H3/t19-,22-,24+,25+,26?,27+,28-,29?,30+,31-,32-,33?,34-,35+,36+,37+,38-,39+,40?/m1/s1. The van der Waals surface area contributed by atoms with Gasteiger partial charge in [0.25, 0.3) is 0 Å². The van der Waals surface area contributed by atoms with E-state index in [1.54, 1.807) is 0 Å². The van der Waals surface area contributed by atoms with E-state index < -0.39 is 11.9 Å². The molecule has 0 aromatic rings. The van der Waals surface area contributed by atoms with Crippen molar-refractivity contribution in [2.75, 3.05) is 6.54 Å². The first-order valence-corrected chi connectivity index (χ1v) is 20.1. The Kier molecular flexibility index (Phi) is 9.59. The number of hydrogen-bond acceptors (Lipinski definition) is 11. The highest BCUT2D eigenvalue weighted by Crippen LogP contribution is 2.54. The molecule has 10 aliphatic heterocycles. The molecule has 0 radical (unpaired) electrons. The molecule has 0 aliphatic carbocycles. The molecule has 0 saturated carbocycles. The van der Waals surface area contributed by atoms with Gasteiger partial charge in [-0.2, -0.15) is 0 Å². The Morgan fingerprint density at radius 2 is 1.51 bits per heavy atom. The number of carbonyl (C=O) groups excluding carboxylic acids is 1. The van der Waals surface area contributed by atoms with E-state index in [1.807, 2.05) is 0 Å². The molecule has 3 N–H and O–H groups in total. The zero-order valence-electron chi connectivity index (χ0n) is 30.4. The Morgan fingerprint density at radius 1 is 0.765 bits per heavy atom. The number of fused-ring (bicyclic) bond motifs is 6. The molecular formula is C40H59NO10. The minimum Gasteiger partial charge on any atom is -0.392 e. The Bertz CT molecular complexity index is 1360. The Labute approximate surface area is 302 Å². The zero-order chi connectivity index (χ0) is 35.2. The van der Waals surface area contributed by atoms with Gasteiger partial charge in [-0.25, -0.2) is 0 Å². The van der Waals surface area contributed by atoms with Crippen molar-refractivity contribution in [1.82, 2.24) is 0 Å². The van der Waals surface area contributed by atoms with Gasteiger partial charge >= 0.3 is 0 Å². The van der Waals surface area contributed by atoms with Crippen molar-refractivity contribution in [2.24, 2.45) is 23.5 Å². The van der Waals surface area contributed by atoms with Crippen LogP contribution in [0.4, 0.5) is 0 Å². The maximum Gasteiger partial charge on any atom is 0.172 e. The normalized spacial score (nSPS) is 53.2. The van der Waals surface area contributed by atoms with Crippen LogP contribution in [-0.4, -0.2) is 115 Å². The lowest BCUT2D eigenvalue weighted by Crippen LogP contribution is -2.61. The smallest absolute Gasteiger partial charge is 0.172 e. The number of ketones is 1. The molecule has 1 spiro atoms. The van der Waals surface area contributed by atoms with Gasteiger partial charge in [-0.15, -0.1) is 0 Å². The van der Waals surface area contributed by atoms with Crippen LogP contribution in [0.15, 0.2) is 24.3 Å². The Hall–Kier alpha value is -1.25. The molecule has 10 fully saturated rings. The molecule has 0 amide bonds. The van der Waals surface area contributed by atoms with Crippen molar-refractivity contribution in [3.05, 3.63) is 24.3 Å². The first-order valence-electron chi connectivity index (χ1n) is 20.1.